The summed E-state index contributed by atoms with van der Waals surface area (Å²) in [5, 5.41) is 0.240. The highest BCUT2D eigenvalue weighted by atomic mass is 35.5. The van der Waals surface area contributed by atoms with Gasteiger partial charge in [0.15, 0.2) is 0 Å². The van der Waals surface area contributed by atoms with E-state index >= 15 is 0 Å². The number of piperidine rings is 1. The van der Waals surface area contributed by atoms with Crippen molar-refractivity contribution in [2.75, 3.05) is 30.0 Å². The zero-order valence-electron chi connectivity index (χ0n) is 20.6. The summed E-state index contributed by atoms with van der Waals surface area (Å²) in [6.45, 7) is 2.80. The Labute approximate surface area is 237 Å². The van der Waals surface area contributed by atoms with E-state index in [2.05, 4.69) is 14.7 Å². The third-order valence-electron chi connectivity index (χ3n) is 5.99. The van der Waals surface area contributed by atoms with Crippen LogP contribution in [0, 0.1) is 5.92 Å². The van der Waals surface area contributed by atoms with E-state index in [9.17, 15) is 17.4 Å². The number of amides is 1. The van der Waals surface area contributed by atoms with Crippen LogP contribution in [0.2, 0.25) is 9.36 Å². The molecule has 0 saturated carbocycles. The minimum Gasteiger partial charge on any atom is -0.441 e. The third kappa shape index (κ3) is 6.84. The molecule has 204 valence electrons. The molecule has 1 aliphatic heterocycles. The van der Waals surface area contributed by atoms with Crippen LogP contribution in [-0.4, -0.2) is 53.6 Å². The normalized spacial score (nSPS) is 15.7. The molecule has 1 atom stereocenters. The van der Waals surface area contributed by atoms with Gasteiger partial charge in [-0.05, 0) is 31.1 Å². The number of anilines is 1. The number of halogens is 2. The molecule has 1 aliphatic rings. The van der Waals surface area contributed by atoms with E-state index in [-0.39, 0.29) is 10.8 Å². The van der Waals surface area contributed by atoms with Gasteiger partial charge in [0, 0.05) is 42.8 Å². The third-order valence-corrected chi connectivity index (χ3v) is 9.80. The Hall–Kier alpha value is -2.25. The Bertz CT molecular complexity index is 1480. The fraction of sp³-hybridized carbons (Fsp3) is 0.375. The highest BCUT2D eigenvalue weighted by Crippen LogP contribution is 2.37. The number of carbonyl (C=O) groups is 1. The molecule has 0 bridgehead atoms. The quantitative estimate of drug-likeness (QED) is 0.364. The van der Waals surface area contributed by atoms with Gasteiger partial charge < -0.3 is 9.32 Å². The number of aryl methyl sites for hydroxylation is 1. The predicted molar refractivity (Wildman–Crippen MR) is 152 cm³/mol. The molecule has 0 spiro atoms. The molecule has 1 unspecified atom stereocenters. The van der Waals surface area contributed by atoms with Crippen LogP contribution in [0.15, 0.2) is 39.9 Å². The standard InChI is InChI=1S/C24H26Cl2N4O5S3/c1-3-16-13-28-24(35-16)18-14-27-22(20(26)21(18)37(2)32)30-10-8-15(9-11-30)23(31)29-38(33,34)12-4-5-17-6-7-19(25)36-17/h4-7,13-15H,3,8-12H2,1-2H3,(H,29,31). The van der Waals surface area contributed by atoms with Crippen LogP contribution in [-0.2, 0) is 32.0 Å². The summed E-state index contributed by atoms with van der Waals surface area (Å²) in [5.41, 5.74) is 0.468. The number of rotatable bonds is 9. The first-order valence-electron chi connectivity index (χ1n) is 11.8. The lowest BCUT2D eigenvalue weighted by atomic mass is 9.96. The summed E-state index contributed by atoms with van der Waals surface area (Å²) in [4.78, 5) is 24.5. The number of sulfonamides is 1. The van der Waals surface area contributed by atoms with Gasteiger partial charge in [-0.15, -0.1) is 11.3 Å². The van der Waals surface area contributed by atoms with Crippen molar-refractivity contribution in [1.29, 1.82) is 0 Å². The van der Waals surface area contributed by atoms with Gasteiger partial charge in [0.1, 0.15) is 16.6 Å². The van der Waals surface area contributed by atoms with Crippen LogP contribution < -0.4 is 9.62 Å². The Kier molecular flexibility index (Phi) is 9.30. The fourth-order valence-electron chi connectivity index (χ4n) is 4.05. The SMILES string of the molecule is CCc1cnc(-c2cnc(N3CCC(C(=O)NS(=O)(=O)CC=Cc4ccc(Cl)s4)CC3)c(Cl)c2S(C)=O)o1. The number of pyridine rings is 1. The Morgan fingerprint density at radius 3 is 2.61 bits per heavy atom. The lowest BCUT2D eigenvalue weighted by molar-refractivity contribution is -0.123. The van der Waals surface area contributed by atoms with Crippen molar-refractivity contribution in [3.8, 4) is 11.5 Å². The number of oxazole rings is 1. The molecule has 3 aromatic rings. The zero-order valence-corrected chi connectivity index (χ0v) is 24.6. The van der Waals surface area contributed by atoms with E-state index in [1.54, 1.807) is 30.6 Å². The number of carbonyl (C=O) groups excluding carboxylic acids is 1. The second kappa shape index (κ2) is 12.3. The summed E-state index contributed by atoms with van der Waals surface area (Å²) in [6, 6.07) is 3.51. The van der Waals surface area contributed by atoms with Crippen molar-refractivity contribution in [3.05, 3.63) is 50.6 Å². The number of hydrogen-bond acceptors (Lipinski definition) is 9. The largest absolute Gasteiger partial charge is 0.441 e. The molecule has 1 N–H and O–H groups in total. The molecule has 1 amide bonds. The van der Waals surface area contributed by atoms with Gasteiger partial charge in [0.25, 0.3) is 0 Å². The first kappa shape index (κ1) is 28.8. The van der Waals surface area contributed by atoms with Gasteiger partial charge in [-0.25, -0.2) is 18.4 Å². The second-order valence-corrected chi connectivity index (χ2v) is 13.8. The average molecular weight is 618 g/mol. The molecule has 0 radical (unpaired) electrons. The van der Waals surface area contributed by atoms with Gasteiger partial charge in [0.2, 0.25) is 21.8 Å². The zero-order chi connectivity index (χ0) is 27.4. The minimum atomic E-state index is -3.82. The van der Waals surface area contributed by atoms with Crippen LogP contribution in [0.1, 0.15) is 30.4 Å². The summed E-state index contributed by atoms with van der Waals surface area (Å²) >= 11 is 13.9. The molecule has 0 aromatic carbocycles. The second-order valence-electron chi connectivity index (χ2n) is 8.63. The van der Waals surface area contributed by atoms with Crippen molar-refractivity contribution in [2.45, 2.75) is 31.1 Å². The van der Waals surface area contributed by atoms with Crippen molar-refractivity contribution in [3.63, 3.8) is 0 Å². The maximum Gasteiger partial charge on any atom is 0.238 e. The molecule has 0 aliphatic carbocycles. The van der Waals surface area contributed by atoms with Crippen molar-refractivity contribution in [1.82, 2.24) is 14.7 Å². The summed E-state index contributed by atoms with van der Waals surface area (Å²) < 4.78 is 45.9. The smallest absolute Gasteiger partial charge is 0.238 e. The molecule has 3 aromatic heterocycles. The predicted octanol–water partition coefficient (Wildman–Crippen LogP) is 4.78. The fourth-order valence-corrected chi connectivity index (χ4v) is 7.34. The van der Waals surface area contributed by atoms with E-state index in [4.69, 9.17) is 27.6 Å². The molecule has 4 heterocycles. The molecule has 1 saturated heterocycles. The summed E-state index contributed by atoms with van der Waals surface area (Å²) in [5.74, 6) is 0.127. The molecule has 1 fully saturated rings. The first-order valence-corrected chi connectivity index (χ1v) is 16.5. The number of hydrogen-bond donors (Lipinski definition) is 1. The first-order chi connectivity index (χ1) is 18.1. The van der Waals surface area contributed by atoms with Crippen molar-refractivity contribution >= 4 is 73.2 Å². The number of nitrogens with zero attached hydrogens (tertiary/aromatic N) is 3. The van der Waals surface area contributed by atoms with E-state index in [0.29, 0.717) is 64.6 Å². The lowest BCUT2D eigenvalue weighted by Gasteiger charge is -2.33. The number of thiophene rings is 1. The van der Waals surface area contributed by atoms with Crippen LogP contribution in [0.5, 0.6) is 0 Å². The highest BCUT2D eigenvalue weighted by Gasteiger charge is 2.30. The van der Waals surface area contributed by atoms with Gasteiger partial charge >= 0.3 is 0 Å². The van der Waals surface area contributed by atoms with Crippen LogP contribution in [0.4, 0.5) is 5.82 Å². The number of aromatic nitrogens is 2. The maximum atomic E-state index is 12.7. The van der Waals surface area contributed by atoms with E-state index in [0.717, 1.165) is 4.88 Å². The van der Waals surface area contributed by atoms with Gasteiger partial charge in [-0.3, -0.25) is 13.7 Å². The lowest BCUT2D eigenvalue weighted by Crippen LogP contribution is -2.43. The molecule has 14 heteroatoms. The maximum absolute atomic E-state index is 12.7. The van der Waals surface area contributed by atoms with E-state index in [1.165, 1.54) is 23.7 Å². The highest BCUT2D eigenvalue weighted by molar-refractivity contribution is 7.90. The Morgan fingerprint density at radius 2 is 2.00 bits per heavy atom. The number of nitrogens with one attached hydrogen (secondary N) is 1. The average Bonchev–Trinajstić information content (AvgIpc) is 3.52. The molecule has 38 heavy (non-hydrogen) atoms. The monoisotopic (exact) mass is 616 g/mol. The van der Waals surface area contributed by atoms with E-state index < -0.39 is 32.6 Å². The molecule has 4 rings (SSSR count). The molecular formula is C24H26Cl2N4O5S3. The van der Waals surface area contributed by atoms with Gasteiger partial charge in [0.05, 0.1) is 37.5 Å². The molecular weight excluding hydrogens is 591 g/mol. The van der Waals surface area contributed by atoms with Crippen molar-refractivity contribution in [2.24, 2.45) is 5.92 Å². The summed E-state index contributed by atoms with van der Waals surface area (Å²) in [6.07, 6.45) is 9.32. The molecule has 9 nitrogen and oxygen atoms in total. The topological polar surface area (TPSA) is 122 Å². The van der Waals surface area contributed by atoms with Gasteiger partial charge in [-0.1, -0.05) is 36.2 Å². The van der Waals surface area contributed by atoms with Crippen LogP contribution >= 0.6 is 34.5 Å². The Morgan fingerprint density at radius 1 is 1.26 bits per heavy atom. The van der Waals surface area contributed by atoms with Gasteiger partial charge in [-0.2, -0.15) is 0 Å². The van der Waals surface area contributed by atoms with Crippen LogP contribution in [0.3, 0.4) is 0 Å². The minimum absolute atomic E-state index is 0.240. The van der Waals surface area contributed by atoms with Crippen LogP contribution in [0.25, 0.3) is 17.5 Å². The summed E-state index contributed by atoms with van der Waals surface area (Å²) in [7, 11) is -5.26. The van der Waals surface area contributed by atoms with Crippen molar-refractivity contribution < 1.29 is 21.8 Å². The Balaban J connectivity index is 1.39. The van der Waals surface area contributed by atoms with E-state index in [1.807, 2.05) is 11.8 Å².